The standard InChI is InChI=1S/C17H26N4O3S/c1-20-6-8-21(9-7-20)17-15(3-2-5-18-17)12-19-16(22)11-14-4-10-25(23,24)13-14/h2-3,5,14H,4,6-13H2,1H3,(H,19,22). The Balaban J connectivity index is 1.55. The van der Waals surface area contributed by atoms with Crippen LogP contribution in [0, 0.1) is 5.92 Å². The maximum Gasteiger partial charge on any atom is 0.220 e. The molecule has 2 aliphatic rings. The quantitative estimate of drug-likeness (QED) is 0.806. The van der Waals surface area contributed by atoms with E-state index in [0.29, 0.717) is 13.0 Å². The minimum atomic E-state index is -2.93. The van der Waals surface area contributed by atoms with E-state index in [1.54, 1.807) is 6.20 Å². The Kier molecular flexibility index (Phi) is 5.58. The second-order valence-corrected chi connectivity index (χ2v) is 9.26. The normalized spacial score (nSPS) is 23.6. The minimum Gasteiger partial charge on any atom is -0.354 e. The van der Waals surface area contributed by atoms with E-state index in [4.69, 9.17) is 0 Å². The number of carbonyl (C=O) groups excluding carboxylic acids is 1. The largest absolute Gasteiger partial charge is 0.354 e. The second-order valence-electron chi connectivity index (χ2n) is 7.03. The predicted molar refractivity (Wildman–Crippen MR) is 97.2 cm³/mol. The van der Waals surface area contributed by atoms with E-state index in [-0.39, 0.29) is 29.8 Å². The van der Waals surface area contributed by atoms with Crippen LogP contribution in [0.4, 0.5) is 5.82 Å². The lowest BCUT2D eigenvalue weighted by atomic mass is 10.0. The Labute approximate surface area is 149 Å². The van der Waals surface area contributed by atoms with Gasteiger partial charge in [-0.25, -0.2) is 13.4 Å². The third-order valence-corrected chi connectivity index (χ3v) is 6.78. The molecule has 2 aliphatic heterocycles. The van der Waals surface area contributed by atoms with Gasteiger partial charge < -0.3 is 15.1 Å². The van der Waals surface area contributed by atoms with Crippen LogP contribution in [-0.2, 0) is 21.2 Å². The average Bonchev–Trinajstić information content (AvgIpc) is 2.92. The van der Waals surface area contributed by atoms with E-state index in [1.165, 1.54) is 0 Å². The molecule has 1 unspecified atom stereocenters. The van der Waals surface area contributed by atoms with Crippen LogP contribution in [0.5, 0.6) is 0 Å². The van der Waals surface area contributed by atoms with Crippen molar-refractivity contribution in [2.45, 2.75) is 19.4 Å². The van der Waals surface area contributed by atoms with Crippen LogP contribution in [0.15, 0.2) is 18.3 Å². The molecule has 0 bridgehead atoms. The number of anilines is 1. The molecular formula is C17H26N4O3S. The van der Waals surface area contributed by atoms with Gasteiger partial charge in [-0.05, 0) is 25.5 Å². The van der Waals surface area contributed by atoms with Gasteiger partial charge in [0, 0.05) is 50.9 Å². The number of sulfone groups is 1. The zero-order chi connectivity index (χ0) is 17.9. The van der Waals surface area contributed by atoms with Crippen LogP contribution >= 0.6 is 0 Å². The first-order valence-corrected chi connectivity index (χ1v) is 10.6. The lowest BCUT2D eigenvalue weighted by molar-refractivity contribution is -0.122. The van der Waals surface area contributed by atoms with Gasteiger partial charge in [0.15, 0.2) is 9.84 Å². The zero-order valence-electron chi connectivity index (χ0n) is 14.6. The van der Waals surface area contributed by atoms with E-state index in [1.807, 2.05) is 12.1 Å². The topological polar surface area (TPSA) is 82.6 Å². The van der Waals surface area contributed by atoms with E-state index >= 15 is 0 Å². The molecule has 0 aromatic carbocycles. The predicted octanol–water partition coefficient (Wildman–Crippen LogP) is 0.274. The van der Waals surface area contributed by atoms with Gasteiger partial charge >= 0.3 is 0 Å². The second kappa shape index (κ2) is 7.70. The van der Waals surface area contributed by atoms with Crippen molar-refractivity contribution in [1.29, 1.82) is 0 Å². The Morgan fingerprint density at radius 1 is 1.32 bits per heavy atom. The number of rotatable bonds is 5. The highest BCUT2D eigenvalue weighted by molar-refractivity contribution is 7.91. The van der Waals surface area contributed by atoms with E-state index in [9.17, 15) is 13.2 Å². The average molecular weight is 366 g/mol. The third-order valence-electron chi connectivity index (χ3n) is 4.95. The Bertz CT molecular complexity index is 714. The highest BCUT2D eigenvalue weighted by Gasteiger charge is 2.29. The molecule has 2 fully saturated rings. The van der Waals surface area contributed by atoms with Gasteiger partial charge in [0.2, 0.25) is 5.91 Å². The molecule has 0 spiro atoms. The zero-order valence-corrected chi connectivity index (χ0v) is 15.5. The van der Waals surface area contributed by atoms with Crippen LogP contribution in [0.25, 0.3) is 0 Å². The number of hydrogen-bond acceptors (Lipinski definition) is 6. The number of piperazine rings is 1. The number of amides is 1. The highest BCUT2D eigenvalue weighted by Crippen LogP contribution is 2.22. The molecule has 1 amide bonds. The maximum atomic E-state index is 12.2. The molecule has 1 aromatic rings. The molecule has 1 atom stereocenters. The van der Waals surface area contributed by atoms with Crippen LogP contribution in [-0.4, -0.2) is 68.9 Å². The molecule has 3 heterocycles. The molecule has 8 heteroatoms. The molecule has 2 saturated heterocycles. The highest BCUT2D eigenvalue weighted by atomic mass is 32.2. The van der Waals surface area contributed by atoms with Gasteiger partial charge in [0.05, 0.1) is 11.5 Å². The molecule has 25 heavy (non-hydrogen) atoms. The summed E-state index contributed by atoms with van der Waals surface area (Å²) in [7, 11) is -0.823. The lowest BCUT2D eigenvalue weighted by Gasteiger charge is -2.34. The molecular weight excluding hydrogens is 340 g/mol. The summed E-state index contributed by atoms with van der Waals surface area (Å²) < 4.78 is 23.0. The van der Waals surface area contributed by atoms with Gasteiger partial charge in [-0.2, -0.15) is 0 Å². The van der Waals surface area contributed by atoms with Crippen molar-refractivity contribution in [1.82, 2.24) is 15.2 Å². The first kappa shape index (κ1) is 18.1. The molecule has 0 aliphatic carbocycles. The molecule has 0 saturated carbocycles. The summed E-state index contributed by atoms with van der Waals surface area (Å²) in [5.74, 6) is 1.15. The van der Waals surface area contributed by atoms with Gasteiger partial charge in [-0.15, -0.1) is 0 Å². The summed E-state index contributed by atoms with van der Waals surface area (Å²) in [6, 6.07) is 3.87. The Morgan fingerprint density at radius 2 is 2.08 bits per heavy atom. The van der Waals surface area contributed by atoms with Gasteiger partial charge in [0.25, 0.3) is 0 Å². The van der Waals surface area contributed by atoms with E-state index < -0.39 is 9.84 Å². The van der Waals surface area contributed by atoms with Gasteiger partial charge in [-0.1, -0.05) is 6.07 Å². The fourth-order valence-electron chi connectivity index (χ4n) is 3.43. The number of likely N-dealkylation sites (N-methyl/N-ethyl adjacent to an activating group) is 1. The van der Waals surface area contributed by atoms with Crippen LogP contribution in [0.3, 0.4) is 0 Å². The van der Waals surface area contributed by atoms with Crippen molar-refractivity contribution in [3.05, 3.63) is 23.9 Å². The molecule has 1 N–H and O–H groups in total. The number of nitrogens with zero attached hydrogens (tertiary/aromatic N) is 3. The lowest BCUT2D eigenvalue weighted by Crippen LogP contribution is -2.45. The maximum absolute atomic E-state index is 12.2. The van der Waals surface area contributed by atoms with Crippen molar-refractivity contribution < 1.29 is 13.2 Å². The summed E-state index contributed by atoms with van der Waals surface area (Å²) in [6.07, 6.45) is 2.65. The molecule has 138 valence electrons. The van der Waals surface area contributed by atoms with Gasteiger partial charge in [0.1, 0.15) is 5.82 Å². The summed E-state index contributed by atoms with van der Waals surface area (Å²) in [6.45, 7) is 4.27. The monoisotopic (exact) mass is 366 g/mol. The van der Waals surface area contributed by atoms with Crippen LogP contribution in [0.1, 0.15) is 18.4 Å². The fraction of sp³-hybridized carbons (Fsp3) is 0.647. The molecule has 3 rings (SSSR count). The summed E-state index contributed by atoms with van der Waals surface area (Å²) in [4.78, 5) is 21.2. The number of hydrogen-bond donors (Lipinski definition) is 1. The number of aromatic nitrogens is 1. The summed E-state index contributed by atoms with van der Waals surface area (Å²) in [5.41, 5.74) is 0.999. The van der Waals surface area contributed by atoms with Crippen LogP contribution in [0.2, 0.25) is 0 Å². The number of carbonyl (C=O) groups is 1. The van der Waals surface area contributed by atoms with Crippen molar-refractivity contribution >= 4 is 21.6 Å². The molecule has 0 radical (unpaired) electrons. The van der Waals surface area contributed by atoms with Crippen LogP contribution < -0.4 is 10.2 Å². The first-order chi connectivity index (χ1) is 11.9. The Morgan fingerprint density at radius 3 is 2.76 bits per heavy atom. The molecule has 7 nitrogen and oxygen atoms in total. The number of nitrogens with one attached hydrogen (secondary N) is 1. The van der Waals surface area contributed by atoms with E-state index in [2.05, 4.69) is 27.1 Å². The number of pyridine rings is 1. The summed E-state index contributed by atoms with van der Waals surface area (Å²) >= 11 is 0. The SMILES string of the molecule is CN1CCN(c2ncccc2CNC(=O)CC2CCS(=O)(=O)C2)CC1. The van der Waals surface area contributed by atoms with Crippen molar-refractivity contribution in [3.8, 4) is 0 Å². The minimum absolute atomic E-state index is 0.0454. The van der Waals surface area contributed by atoms with E-state index in [0.717, 1.165) is 37.6 Å². The smallest absolute Gasteiger partial charge is 0.220 e. The summed E-state index contributed by atoms with van der Waals surface area (Å²) in [5, 5.41) is 2.93. The first-order valence-electron chi connectivity index (χ1n) is 8.77. The third kappa shape index (κ3) is 4.92. The van der Waals surface area contributed by atoms with Gasteiger partial charge in [-0.3, -0.25) is 4.79 Å². The van der Waals surface area contributed by atoms with Crippen molar-refractivity contribution in [3.63, 3.8) is 0 Å². The van der Waals surface area contributed by atoms with Crippen molar-refractivity contribution in [2.75, 3.05) is 49.6 Å². The Hall–Kier alpha value is -1.67. The fourth-order valence-corrected chi connectivity index (χ4v) is 5.29. The van der Waals surface area contributed by atoms with Crippen molar-refractivity contribution in [2.24, 2.45) is 5.92 Å². The molecule has 1 aromatic heterocycles.